The number of rotatable bonds is 9. The van der Waals surface area contributed by atoms with Crippen molar-refractivity contribution >= 4 is 5.71 Å². The number of likely N-dealkylation sites (tertiary alicyclic amines) is 1. The van der Waals surface area contributed by atoms with Crippen molar-refractivity contribution in [3.63, 3.8) is 0 Å². The molecule has 1 heterocycles. The number of unbranched alkanes of at least 4 members (excludes halogenated alkanes) is 3. The van der Waals surface area contributed by atoms with E-state index in [9.17, 15) is 0 Å². The van der Waals surface area contributed by atoms with Crippen LogP contribution in [0.4, 0.5) is 0 Å². The molecule has 0 radical (unpaired) electrons. The molecule has 0 aromatic carbocycles. The molecule has 2 heteroatoms. The van der Waals surface area contributed by atoms with Crippen molar-refractivity contribution in [1.29, 1.82) is 0 Å². The number of hydrogen-bond donors (Lipinski definition) is 0. The van der Waals surface area contributed by atoms with Crippen molar-refractivity contribution in [2.45, 2.75) is 72.6 Å². The highest BCUT2D eigenvalue weighted by molar-refractivity contribution is 5.81. The van der Waals surface area contributed by atoms with Gasteiger partial charge in [-0.1, -0.05) is 40.0 Å². The van der Waals surface area contributed by atoms with Gasteiger partial charge >= 0.3 is 0 Å². The van der Waals surface area contributed by atoms with Gasteiger partial charge in [-0.15, -0.1) is 0 Å². The van der Waals surface area contributed by atoms with Crippen molar-refractivity contribution in [3.05, 3.63) is 0 Å². The van der Waals surface area contributed by atoms with E-state index in [2.05, 4.69) is 32.6 Å². The third-order valence-corrected chi connectivity index (χ3v) is 4.35. The Hall–Kier alpha value is -0.370. The Labute approximate surface area is 127 Å². The van der Waals surface area contributed by atoms with Gasteiger partial charge in [-0.25, -0.2) is 0 Å². The molecule has 1 aliphatic heterocycles. The van der Waals surface area contributed by atoms with Gasteiger partial charge in [0, 0.05) is 25.3 Å². The predicted molar refractivity (Wildman–Crippen MR) is 90.7 cm³/mol. The zero-order valence-corrected chi connectivity index (χ0v) is 14.3. The van der Waals surface area contributed by atoms with Crippen LogP contribution in [0.2, 0.25) is 0 Å². The molecule has 2 nitrogen and oxygen atoms in total. The minimum Gasteiger partial charge on any atom is -0.303 e. The molecule has 0 amide bonds. The maximum absolute atomic E-state index is 4.73. The first kappa shape index (κ1) is 17.7. The second kappa shape index (κ2) is 10.4. The van der Waals surface area contributed by atoms with E-state index in [1.54, 1.807) is 0 Å². The Morgan fingerprint density at radius 3 is 2.40 bits per heavy atom. The Balaban J connectivity index is 2.08. The Kier molecular flexibility index (Phi) is 9.17. The van der Waals surface area contributed by atoms with Gasteiger partial charge in [-0.05, 0) is 51.0 Å². The lowest BCUT2D eigenvalue weighted by Gasteiger charge is -2.34. The molecule has 118 valence electrons. The molecule has 0 aliphatic carbocycles. The highest BCUT2D eigenvalue weighted by Crippen LogP contribution is 2.20. The summed E-state index contributed by atoms with van der Waals surface area (Å²) in [6.45, 7) is 14.1. The van der Waals surface area contributed by atoms with Gasteiger partial charge in [0.05, 0.1) is 0 Å². The van der Waals surface area contributed by atoms with Crippen LogP contribution < -0.4 is 0 Å². The normalized spacial score (nSPS) is 25.1. The summed E-state index contributed by atoms with van der Waals surface area (Å²) in [5.74, 6) is 1.75. The lowest BCUT2D eigenvalue weighted by Crippen LogP contribution is -2.39. The highest BCUT2D eigenvalue weighted by Gasteiger charge is 2.20. The molecule has 0 aromatic rings. The maximum Gasteiger partial charge on any atom is 0.0400 e. The third-order valence-electron chi connectivity index (χ3n) is 4.35. The summed E-state index contributed by atoms with van der Waals surface area (Å²) in [7, 11) is 0. The molecule has 1 rings (SSSR count). The van der Waals surface area contributed by atoms with E-state index in [4.69, 9.17) is 4.99 Å². The van der Waals surface area contributed by atoms with Crippen LogP contribution in [0, 0.1) is 11.8 Å². The molecule has 1 aliphatic rings. The molecule has 20 heavy (non-hydrogen) atoms. The smallest absolute Gasteiger partial charge is 0.0400 e. The quantitative estimate of drug-likeness (QED) is 0.438. The average Bonchev–Trinajstić information content (AvgIpc) is 2.39. The molecular weight excluding hydrogens is 244 g/mol. The second-order valence-corrected chi connectivity index (χ2v) is 6.99. The van der Waals surface area contributed by atoms with Crippen LogP contribution in [0.25, 0.3) is 0 Å². The van der Waals surface area contributed by atoms with E-state index in [1.807, 2.05) is 0 Å². The Morgan fingerprint density at radius 2 is 1.75 bits per heavy atom. The molecule has 0 aromatic heterocycles. The first-order valence-corrected chi connectivity index (χ1v) is 8.84. The second-order valence-electron chi connectivity index (χ2n) is 6.99. The zero-order valence-electron chi connectivity index (χ0n) is 14.3. The van der Waals surface area contributed by atoms with Crippen LogP contribution in [-0.2, 0) is 0 Å². The van der Waals surface area contributed by atoms with Crippen LogP contribution in [-0.4, -0.2) is 36.8 Å². The minimum atomic E-state index is 0.877. The molecule has 2 atom stereocenters. The molecule has 0 saturated carbocycles. The van der Waals surface area contributed by atoms with Crippen LogP contribution in [0.15, 0.2) is 4.99 Å². The van der Waals surface area contributed by atoms with E-state index in [0.717, 1.165) is 18.4 Å². The summed E-state index contributed by atoms with van der Waals surface area (Å²) < 4.78 is 0. The highest BCUT2D eigenvalue weighted by atomic mass is 15.1. The monoisotopic (exact) mass is 280 g/mol. The van der Waals surface area contributed by atoms with Gasteiger partial charge in [0.1, 0.15) is 0 Å². The molecule has 1 saturated heterocycles. The molecular formula is C18H36N2. The number of aliphatic imine (C=N–C) groups is 1. The Morgan fingerprint density at radius 1 is 1.05 bits per heavy atom. The molecule has 0 N–H and O–H groups in total. The summed E-state index contributed by atoms with van der Waals surface area (Å²) in [5.41, 5.74) is 1.36. The van der Waals surface area contributed by atoms with Crippen molar-refractivity contribution in [3.8, 4) is 0 Å². The van der Waals surface area contributed by atoms with Crippen LogP contribution in [0.3, 0.4) is 0 Å². The van der Waals surface area contributed by atoms with Crippen LogP contribution >= 0.6 is 0 Å². The molecule has 0 bridgehead atoms. The summed E-state index contributed by atoms with van der Waals surface area (Å²) in [6, 6.07) is 0. The lowest BCUT2D eigenvalue weighted by molar-refractivity contribution is 0.140. The van der Waals surface area contributed by atoms with E-state index in [0.29, 0.717) is 0 Å². The number of piperidine rings is 1. The van der Waals surface area contributed by atoms with Gasteiger partial charge < -0.3 is 4.90 Å². The number of nitrogens with zero attached hydrogens (tertiary/aromatic N) is 2. The zero-order chi connectivity index (χ0) is 14.8. The van der Waals surface area contributed by atoms with Crippen molar-refractivity contribution in [2.75, 3.05) is 26.2 Å². The summed E-state index contributed by atoms with van der Waals surface area (Å²) >= 11 is 0. The summed E-state index contributed by atoms with van der Waals surface area (Å²) in [5, 5.41) is 0. The minimum absolute atomic E-state index is 0.877. The fourth-order valence-corrected chi connectivity index (χ4v) is 3.43. The largest absolute Gasteiger partial charge is 0.303 e. The van der Waals surface area contributed by atoms with E-state index < -0.39 is 0 Å². The summed E-state index contributed by atoms with van der Waals surface area (Å²) in [6.07, 6.45) is 9.23. The molecule has 2 unspecified atom stereocenters. The Bertz CT molecular complexity index is 263. The van der Waals surface area contributed by atoms with E-state index >= 15 is 0 Å². The fraction of sp³-hybridized carbons (Fsp3) is 0.944. The van der Waals surface area contributed by atoms with Gasteiger partial charge in [0.2, 0.25) is 0 Å². The topological polar surface area (TPSA) is 15.6 Å². The van der Waals surface area contributed by atoms with Gasteiger partial charge in [0.15, 0.2) is 0 Å². The summed E-state index contributed by atoms with van der Waals surface area (Å²) in [4.78, 5) is 7.38. The van der Waals surface area contributed by atoms with Gasteiger partial charge in [0.25, 0.3) is 0 Å². The van der Waals surface area contributed by atoms with Gasteiger partial charge in [-0.3, -0.25) is 4.99 Å². The lowest BCUT2D eigenvalue weighted by atomic mass is 9.92. The first-order chi connectivity index (χ1) is 9.61. The van der Waals surface area contributed by atoms with E-state index in [-0.39, 0.29) is 0 Å². The fourth-order valence-electron chi connectivity index (χ4n) is 3.43. The first-order valence-electron chi connectivity index (χ1n) is 8.84. The SMILES string of the molecule is CCCCCCC(C)=NCCCN1CC(C)CC(C)C1. The van der Waals surface area contributed by atoms with E-state index in [1.165, 1.54) is 70.3 Å². The number of hydrogen-bond acceptors (Lipinski definition) is 2. The molecule has 0 spiro atoms. The van der Waals surface area contributed by atoms with Crippen molar-refractivity contribution in [1.82, 2.24) is 4.90 Å². The molecule has 1 fully saturated rings. The van der Waals surface area contributed by atoms with Crippen LogP contribution in [0.1, 0.15) is 72.6 Å². The van der Waals surface area contributed by atoms with Crippen LogP contribution in [0.5, 0.6) is 0 Å². The maximum atomic E-state index is 4.73. The predicted octanol–water partition coefficient (Wildman–Crippen LogP) is 4.79. The standard InChI is InChI=1S/C18H36N2/c1-5-6-7-8-10-18(4)19-11-9-12-20-14-16(2)13-17(3)15-20/h16-17H,5-15H2,1-4H3. The third kappa shape index (κ3) is 8.04. The van der Waals surface area contributed by atoms with Crippen molar-refractivity contribution in [2.24, 2.45) is 16.8 Å². The van der Waals surface area contributed by atoms with Crippen molar-refractivity contribution < 1.29 is 0 Å². The van der Waals surface area contributed by atoms with Gasteiger partial charge in [-0.2, -0.15) is 0 Å². The average molecular weight is 280 g/mol.